The Morgan fingerprint density at radius 2 is 1.65 bits per heavy atom. The molecule has 1 aliphatic rings. The van der Waals surface area contributed by atoms with Crippen LogP contribution in [-0.2, 0) is 9.53 Å². The van der Waals surface area contributed by atoms with Crippen molar-refractivity contribution < 1.29 is 23.8 Å². The number of anilines is 1. The van der Waals surface area contributed by atoms with Gasteiger partial charge >= 0.3 is 5.97 Å². The van der Waals surface area contributed by atoms with E-state index in [9.17, 15) is 9.59 Å². The number of benzene rings is 2. The first kappa shape index (κ1) is 17.8. The molecular formula is C20H21NO5. The van der Waals surface area contributed by atoms with Gasteiger partial charge in [-0.2, -0.15) is 0 Å². The number of nitrogens with one attached hydrogen (secondary N) is 1. The number of amides is 1. The fraction of sp³-hybridized carbons (Fsp3) is 0.300. The number of carbonyl (C=O) groups is 2. The summed E-state index contributed by atoms with van der Waals surface area (Å²) >= 11 is 0. The van der Waals surface area contributed by atoms with Crippen LogP contribution in [0.25, 0.3) is 0 Å². The maximum atomic E-state index is 12.3. The molecule has 0 atom stereocenters. The second-order valence-electron chi connectivity index (χ2n) is 6.26. The van der Waals surface area contributed by atoms with Gasteiger partial charge in [-0.15, -0.1) is 0 Å². The number of esters is 1. The topological polar surface area (TPSA) is 73.9 Å². The Kier molecular flexibility index (Phi) is 5.11. The van der Waals surface area contributed by atoms with E-state index in [-0.39, 0.29) is 6.61 Å². The lowest BCUT2D eigenvalue weighted by atomic mass is 10.00. The SMILES string of the molecule is Cc1cc(C)c(C(=O)OCC(=O)Nc2ccc3c(c2)OCCO3)c(C)c1. The fourth-order valence-corrected chi connectivity index (χ4v) is 3.02. The van der Waals surface area contributed by atoms with Crippen molar-refractivity contribution in [2.75, 3.05) is 25.1 Å². The number of rotatable bonds is 4. The summed E-state index contributed by atoms with van der Waals surface area (Å²) in [5, 5.41) is 2.69. The van der Waals surface area contributed by atoms with Gasteiger partial charge in [-0.3, -0.25) is 4.79 Å². The second kappa shape index (κ2) is 7.47. The Morgan fingerprint density at radius 3 is 2.35 bits per heavy atom. The Hall–Kier alpha value is -3.02. The lowest BCUT2D eigenvalue weighted by molar-refractivity contribution is -0.119. The molecule has 1 heterocycles. The quantitative estimate of drug-likeness (QED) is 0.853. The molecule has 0 saturated heterocycles. The predicted octanol–water partition coefficient (Wildman–Crippen LogP) is 3.18. The monoisotopic (exact) mass is 355 g/mol. The molecule has 0 unspecified atom stereocenters. The van der Waals surface area contributed by atoms with Gasteiger partial charge in [-0.05, 0) is 44.0 Å². The molecule has 6 heteroatoms. The van der Waals surface area contributed by atoms with Crippen LogP contribution >= 0.6 is 0 Å². The van der Waals surface area contributed by atoms with Crippen LogP contribution in [0.15, 0.2) is 30.3 Å². The highest BCUT2D eigenvalue weighted by Crippen LogP contribution is 2.32. The van der Waals surface area contributed by atoms with Crippen molar-refractivity contribution in [2.45, 2.75) is 20.8 Å². The molecule has 0 bridgehead atoms. The number of aryl methyl sites for hydroxylation is 3. The third-order valence-corrected chi connectivity index (χ3v) is 4.04. The van der Waals surface area contributed by atoms with Crippen molar-refractivity contribution in [3.8, 4) is 11.5 Å². The predicted molar refractivity (Wildman–Crippen MR) is 97.0 cm³/mol. The highest BCUT2D eigenvalue weighted by molar-refractivity contribution is 5.97. The molecule has 2 aromatic carbocycles. The molecule has 2 aromatic rings. The van der Waals surface area contributed by atoms with Crippen LogP contribution in [0.1, 0.15) is 27.0 Å². The third kappa shape index (κ3) is 3.96. The first-order valence-corrected chi connectivity index (χ1v) is 8.38. The zero-order chi connectivity index (χ0) is 18.7. The minimum Gasteiger partial charge on any atom is -0.486 e. The van der Waals surface area contributed by atoms with Crippen molar-refractivity contribution in [2.24, 2.45) is 0 Å². The van der Waals surface area contributed by atoms with Crippen LogP contribution in [-0.4, -0.2) is 31.7 Å². The Morgan fingerprint density at radius 1 is 1.00 bits per heavy atom. The first-order chi connectivity index (χ1) is 12.4. The van der Waals surface area contributed by atoms with E-state index in [0.29, 0.717) is 36.0 Å². The van der Waals surface area contributed by atoms with Crippen LogP contribution in [0.2, 0.25) is 0 Å². The molecule has 6 nitrogen and oxygen atoms in total. The summed E-state index contributed by atoms with van der Waals surface area (Å²) in [5.74, 6) is 0.303. The average molecular weight is 355 g/mol. The van der Waals surface area contributed by atoms with Gasteiger partial charge in [0.05, 0.1) is 5.56 Å². The summed E-state index contributed by atoms with van der Waals surface area (Å²) in [6.45, 7) is 6.29. The van der Waals surface area contributed by atoms with Gasteiger partial charge in [0.25, 0.3) is 5.91 Å². The standard InChI is InChI=1S/C20H21NO5/c1-12-8-13(2)19(14(3)9-12)20(23)26-11-18(22)21-15-4-5-16-17(10-15)25-7-6-24-16/h4-5,8-10H,6-7,11H2,1-3H3,(H,21,22). The van der Waals surface area contributed by atoms with E-state index < -0.39 is 11.9 Å². The van der Waals surface area contributed by atoms with Gasteiger partial charge in [-0.1, -0.05) is 17.7 Å². The number of ether oxygens (including phenoxy) is 3. The molecule has 136 valence electrons. The average Bonchev–Trinajstić information content (AvgIpc) is 2.59. The minimum absolute atomic E-state index is 0.361. The maximum Gasteiger partial charge on any atom is 0.339 e. The van der Waals surface area contributed by atoms with Crippen molar-refractivity contribution in [3.05, 3.63) is 52.6 Å². The molecule has 0 saturated carbocycles. The van der Waals surface area contributed by atoms with Gasteiger partial charge in [0.2, 0.25) is 0 Å². The molecule has 1 N–H and O–H groups in total. The normalized spacial score (nSPS) is 12.4. The molecule has 1 amide bonds. The smallest absolute Gasteiger partial charge is 0.339 e. The molecule has 3 rings (SSSR count). The summed E-state index contributed by atoms with van der Waals surface area (Å²) in [7, 11) is 0. The van der Waals surface area contributed by atoms with Crippen molar-refractivity contribution in [1.29, 1.82) is 0 Å². The van der Waals surface area contributed by atoms with Gasteiger partial charge in [0, 0.05) is 11.8 Å². The van der Waals surface area contributed by atoms with Crippen LogP contribution < -0.4 is 14.8 Å². The Bertz CT molecular complexity index is 836. The van der Waals surface area contributed by atoms with E-state index >= 15 is 0 Å². The molecule has 0 aromatic heterocycles. The Labute approximate surface area is 152 Å². The minimum atomic E-state index is -0.502. The highest BCUT2D eigenvalue weighted by Gasteiger charge is 2.17. The maximum absolute atomic E-state index is 12.3. The third-order valence-electron chi connectivity index (χ3n) is 4.04. The second-order valence-corrected chi connectivity index (χ2v) is 6.26. The summed E-state index contributed by atoms with van der Waals surface area (Å²) in [5.41, 5.74) is 3.80. The largest absolute Gasteiger partial charge is 0.486 e. The van der Waals surface area contributed by atoms with E-state index in [4.69, 9.17) is 14.2 Å². The van der Waals surface area contributed by atoms with Crippen molar-refractivity contribution in [1.82, 2.24) is 0 Å². The summed E-state index contributed by atoms with van der Waals surface area (Å²) in [4.78, 5) is 24.4. The molecule has 0 fully saturated rings. The van der Waals surface area contributed by atoms with E-state index in [1.807, 2.05) is 32.9 Å². The zero-order valence-electron chi connectivity index (χ0n) is 15.0. The van der Waals surface area contributed by atoms with Crippen LogP contribution in [0.5, 0.6) is 11.5 Å². The van der Waals surface area contributed by atoms with Crippen LogP contribution in [0.3, 0.4) is 0 Å². The highest BCUT2D eigenvalue weighted by atomic mass is 16.6. The molecular weight excluding hydrogens is 334 g/mol. The van der Waals surface area contributed by atoms with Crippen LogP contribution in [0, 0.1) is 20.8 Å². The number of fused-ring (bicyclic) bond motifs is 1. The van der Waals surface area contributed by atoms with Gasteiger partial charge < -0.3 is 19.5 Å². The van der Waals surface area contributed by atoms with Gasteiger partial charge in [-0.25, -0.2) is 4.79 Å². The molecule has 0 spiro atoms. The van der Waals surface area contributed by atoms with E-state index in [2.05, 4.69) is 5.32 Å². The lowest BCUT2D eigenvalue weighted by Crippen LogP contribution is -2.22. The Balaban J connectivity index is 1.60. The van der Waals surface area contributed by atoms with Crippen molar-refractivity contribution >= 4 is 17.6 Å². The molecule has 0 radical (unpaired) electrons. The van der Waals surface area contributed by atoms with E-state index in [1.54, 1.807) is 18.2 Å². The summed E-state index contributed by atoms with van der Waals surface area (Å²) in [6, 6.07) is 8.96. The molecule has 1 aliphatic heterocycles. The summed E-state index contributed by atoms with van der Waals surface area (Å²) < 4.78 is 16.1. The van der Waals surface area contributed by atoms with Gasteiger partial charge in [0.15, 0.2) is 18.1 Å². The molecule has 0 aliphatic carbocycles. The molecule has 26 heavy (non-hydrogen) atoms. The summed E-state index contributed by atoms with van der Waals surface area (Å²) in [6.07, 6.45) is 0. The fourth-order valence-electron chi connectivity index (χ4n) is 3.02. The van der Waals surface area contributed by atoms with E-state index in [1.165, 1.54) is 0 Å². The lowest BCUT2D eigenvalue weighted by Gasteiger charge is -2.19. The number of hydrogen-bond donors (Lipinski definition) is 1. The van der Waals surface area contributed by atoms with Gasteiger partial charge in [0.1, 0.15) is 13.2 Å². The number of carbonyl (C=O) groups excluding carboxylic acids is 2. The number of hydrogen-bond acceptors (Lipinski definition) is 5. The van der Waals surface area contributed by atoms with E-state index in [0.717, 1.165) is 16.7 Å². The zero-order valence-corrected chi connectivity index (χ0v) is 15.0. The van der Waals surface area contributed by atoms with Crippen molar-refractivity contribution in [3.63, 3.8) is 0 Å². The first-order valence-electron chi connectivity index (χ1n) is 8.38. The van der Waals surface area contributed by atoms with Crippen LogP contribution in [0.4, 0.5) is 5.69 Å².